The summed E-state index contributed by atoms with van der Waals surface area (Å²) in [5, 5.41) is 14.0. The number of para-hydroxylation sites is 1. The van der Waals surface area contributed by atoms with Crippen molar-refractivity contribution < 1.29 is 19.5 Å². The van der Waals surface area contributed by atoms with E-state index in [1.165, 1.54) is 6.92 Å². The fraction of sp³-hybridized carbons (Fsp3) is 0.174. The molecular formula is C23H21N3O4. The predicted molar refractivity (Wildman–Crippen MR) is 114 cm³/mol. The van der Waals surface area contributed by atoms with E-state index in [0.717, 1.165) is 21.4 Å². The van der Waals surface area contributed by atoms with Crippen molar-refractivity contribution in [1.82, 2.24) is 9.47 Å². The Balaban J connectivity index is 1.54. The quantitative estimate of drug-likeness (QED) is 0.641. The average Bonchev–Trinajstić information content (AvgIpc) is 3.15. The van der Waals surface area contributed by atoms with Gasteiger partial charge in [0.1, 0.15) is 0 Å². The smallest absolute Gasteiger partial charge is 0.296 e. The molecule has 3 aromatic rings. The second-order valence-electron chi connectivity index (χ2n) is 7.28. The van der Waals surface area contributed by atoms with E-state index in [4.69, 9.17) is 0 Å². The van der Waals surface area contributed by atoms with E-state index in [0.29, 0.717) is 17.7 Å². The van der Waals surface area contributed by atoms with Gasteiger partial charge in [0, 0.05) is 43.3 Å². The molecule has 0 aliphatic carbocycles. The van der Waals surface area contributed by atoms with Gasteiger partial charge in [0.15, 0.2) is 5.76 Å². The Morgan fingerprint density at radius 3 is 2.43 bits per heavy atom. The van der Waals surface area contributed by atoms with Gasteiger partial charge in [0.05, 0.1) is 5.57 Å². The SMILES string of the molecule is CC(=O)Nc1ccc(C2=C(O)C(=O)N(CCc3cn(C)c4ccccc34)C2=O)cc1. The highest BCUT2D eigenvalue weighted by atomic mass is 16.3. The molecule has 0 saturated carbocycles. The topological polar surface area (TPSA) is 91.6 Å². The molecule has 152 valence electrons. The number of amides is 3. The van der Waals surface area contributed by atoms with E-state index in [1.54, 1.807) is 24.3 Å². The number of aliphatic hydroxyl groups is 1. The first kappa shape index (κ1) is 19.4. The molecule has 0 bridgehead atoms. The molecule has 0 unspecified atom stereocenters. The molecule has 1 aliphatic rings. The molecule has 2 N–H and O–H groups in total. The van der Waals surface area contributed by atoms with Crippen LogP contribution < -0.4 is 5.32 Å². The number of imide groups is 1. The van der Waals surface area contributed by atoms with Crippen LogP contribution in [0.25, 0.3) is 16.5 Å². The number of hydrogen-bond donors (Lipinski definition) is 2. The van der Waals surface area contributed by atoms with Crippen molar-refractivity contribution in [3.63, 3.8) is 0 Å². The van der Waals surface area contributed by atoms with Gasteiger partial charge in [-0.25, -0.2) is 0 Å². The lowest BCUT2D eigenvalue weighted by Gasteiger charge is -2.14. The van der Waals surface area contributed by atoms with Crippen molar-refractivity contribution in [3.05, 3.63) is 71.6 Å². The zero-order chi connectivity index (χ0) is 21.4. The van der Waals surface area contributed by atoms with Crippen LogP contribution in [-0.4, -0.2) is 38.8 Å². The number of anilines is 1. The van der Waals surface area contributed by atoms with Gasteiger partial charge in [0.25, 0.3) is 11.8 Å². The van der Waals surface area contributed by atoms with Gasteiger partial charge in [-0.2, -0.15) is 0 Å². The highest BCUT2D eigenvalue weighted by Gasteiger charge is 2.38. The highest BCUT2D eigenvalue weighted by Crippen LogP contribution is 2.29. The van der Waals surface area contributed by atoms with E-state index < -0.39 is 17.6 Å². The molecule has 3 amide bonds. The zero-order valence-corrected chi connectivity index (χ0v) is 16.7. The van der Waals surface area contributed by atoms with Gasteiger partial charge < -0.3 is 15.0 Å². The molecule has 1 aromatic heterocycles. The third kappa shape index (κ3) is 3.34. The molecule has 0 fully saturated rings. The van der Waals surface area contributed by atoms with E-state index in [9.17, 15) is 19.5 Å². The van der Waals surface area contributed by atoms with Crippen LogP contribution in [0.5, 0.6) is 0 Å². The molecule has 2 heterocycles. The summed E-state index contributed by atoms with van der Waals surface area (Å²) in [4.78, 5) is 37.7. The molecule has 0 radical (unpaired) electrons. The number of aryl methyl sites for hydroxylation is 1. The molecule has 7 nitrogen and oxygen atoms in total. The number of hydrogen-bond acceptors (Lipinski definition) is 4. The summed E-state index contributed by atoms with van der Waals surface area (Å²) in [6.07, 6.45) is 2.48. The number of carbonyl (C=O) groups is 3. The number of nitrogens with one attached hydrogen (secondary N) is 1. The van der Waals surface area contributed by atoms with Gasteiger partial charge in [-0.1, -0.05) is 30.3 Å². The van der Waals surface area contributed by atoms with Gasteiger partial charge in [0.2, 0.25) is 5.91 Å². The molecule has 7 heteroatoms. The van der Waals surface area contributed by atoms with Crippen LogP contribution in [0.2, 0.25) is 0 Å². The van der Waals surface area contributed by atoms with Gasteiger partial charge in [-0.05, 0) is 35.7 Å². The molecule has 0 atom stereocenters. The first-order valence-corrected chi connectivity index (χ1v) is 9.57. The first-order chi connectivity index (χ1) is 14.4. The van der Waals surface area contributed by atoms with Crippen molar-refractivity contribution >= 4 is 39.9 Å². The van der Waals surface area contributed by atoms with Crippen molar-refractivity contribution in [3.8, 4) is 0 Å². The second-order valence-corrected chi connectivity index (χ2v) is 7.28. The van der Waals surface area contributed by atoms with E-state index >= 15 is 0 Å². The van der Waals surface area contributed by atoms with Crippen LogP contribution in [0.1, 0.15) is 18.1 Å². The normalized spacial score (nSPS) is 14.1. The minimum atomic E-state index is -0.693. The Morgan fingerprint density at radius 1 is 1.03 bits per heavy atom. The standard InChI is InChI=1S/C23H21N3O4/c1-14(27)24-17-9-7-15(8-10-17)20-21(28)23(30)26(22(20)29)12-11-16-13-25(2)19-6-4-3-5-18(16)19/h3-10,13,28H,11-12H2,1-2H3,(H,24,27). The van der Waals surface area contributed by atoms with Crippen LogP contribution in [0, 0.1) is 0 Å². The van der Waals surface area contributed by atoms with Crippen LogP contribution in [0.4, 0.5) is 5.69 Å². The Hall–Kier alpha value is -3.87. The Bertz CT molecular complexity index is 1200. The summed E-state index contributed by atoms with van der Waals surface area (Å²) in [6.45, 7) is 1.57. The Labute approximate surface area is 173 Å². The summed E-state index contributed by atoms with van der Waals surface area (Å²) in [6, 6.07) is 14.4. The third-order valence-corrected chi connectivity index (χ3v) is 5.22. The number of aliphatic hydroxyl groups excluding tert-OH is 1. The Kier molecular flexibility index (Phi) is 4.87. The number of rotatable bonds is 5. The lowest BCUT2D eigenvalue weighted by molar-refractivity contribution is -0.138. The highest BCUT2D eigenvalue weighted by molar-refractivity contribution is 6.34. The van der Waals surface area contributed by atoms with Gasteiger partial charge in [-0.15, -0.1) is 0 Å². The first-order valence-electron chi connectivity index (χ1n) is 9.57. The summed E-state index contributed by atoms with van der Waals surface area (Å²) in [7, 11) is 1.95. The number of nitrogens with zero attached hydrogens (tertiary/aromatic N) is 2. The third-order valence-electron chi connectivity index (χ3n) is 5.22. The van der Waals surface area contributed by atoms with Crippen LogP contribution in [0.3, 0.4) is 0 Å². The summed E-state index contributed by atoms with van der Waals surface area (Å²) in [5.74, 6) is -1.98. The van der Waals surface area contributed by atoms with Crippen LogP contribution >= 0.6 is 0 Å². The fourth-order valence-corrected chi connectivity index (χ4v) is 3.81. The van der Waals surface area contributed by atoms with Crippen molar-refractivity contribution in [2.75, 3.05) is 11.9 Å². The number of fused-ring (bicyclic) bond motifs is 1. The fourth-order valence-electron chi connectivity index (χ4n) is 3.81. The van der Waals surface area contributed by atoms with Crippen molar-refractivity contribution in [1.29, 1.82) is 0 Å². The molecule has 30 heavy (non-hydrogen) atoms. The van der Waals surface area contributed by atoms with E-state index in [-0.39, 0.29) is 18.0 Å². The monoisotopic (exact) mass is 403 g/mol. The average molecular weight is 403 g/mol. The summed E-state index contributed by atoms with van der Waals surface area (Å²) < 4.78 is 2.01. The minimum absolute atomic E-state index is 0.0210. The molecule has 1 aliphatic heterocycles. The summed E-state index contributed by atoms with van der Waals surface area (Å²) >= 11 is 0. The largest absolute Gasteiger partial charge is 0.502 e. The maximum absolute atomic E-state index is 12.9. The molecule has 2 aromatic carbocycles. The lowest BCUT2D eigenvalue weighted by Crippen LogP contribution is -2.33. The van der Waals surface area contributed by atoms with Crippen LogP contribution in [-0.2, 0) is 27.9 Å². The minimum Gasteiger partial charge on any atom is -0.502 e. The molecular weight excluding hydrogens is 382 g/mol. The molecule has 0 saturated heterocycles. The van der Waals surface area contributed by atoms with Crippen molar-refractivity contribution in [2.45, 2.75) is 13.3 Å². The number of carbonyl (C=O) groups excluding carboxylic acids is 3. The molecule has 0 spiro atoms. The number of benzene rings is 2. The van der Waals surface area contributed by atoms with E-state index in [1.807, 2.05) is 42.1 Å². The number of aromatic nitrogens is 1. The lowest BCUT2D eigenvalue weighted by atomic mass is 10.0. The maximum Gasteiger partial charge on any atom is 0.296 e. The van der Waals surface area contributed by atoms with E-state index in [2.05, 4.69) is 5.32 Å². The Morgan fingerprint density at radius 2 is 1.73 bits per heavy atom. The zero-order valence-electron chi connectivity index (χ0n) is 16.7. The molecule has 4 rings (SSSR count). The maximum atomic E-state index is 12.9. The van der Waals surface area contributed by atoms with Gasteiger partial charge in [-0.3, -0.25) is 19.3 Å². The predicted octanol–water partition coefficient (Wildman–Crippen LogP) is 3.02. The van der Waals surface area contributed by atoms with Gasteiger partial charge >= 0.3 is 0 Å². The van der Waals surface area contributed by atoms with Crippen molar-refractivity contribution in [2.24, 2.45) is 7.05 Å². The summed E-state index contributed by atoms with van der Waals surface area (Å²) in [5.41, 5.74) is 3.07. The second kappa shape index (κ2) is 7.51. The van der Waals surface area contributed by atoms with Crippen LogP contribution in [0.15, 0.2) is 60.5 Å².